The number of carbonyl (C=O) groups excluding carboxylic acids is 1. The highest BCUT2D eigenvalue weighted by Crippen LogP contribution is 2.12. The van der Waals surface area contributed by atoms with Crippen LogP contribution in [-0.4, -0.2) is 21.0 Å². The molecule has 2 aromatic rings. The second-order valence-corrected chi connectivity index (χ2v) is 5.75. The maximum Gasteiger partial charge on any atom is 0.268 e. The van der Waals surface area contributed by atoms with Crippen LogP contribution in [0.2, 0.25) is 0 Å². The van der Waals surface area contributed by atoms with Crippen molar-refractivity contribution in [2.24, 2.45) is 5.92 Å². The number of H-pyrrole nitrogens is 1. The van der Waals surface area contributed by atoms with E-state index in [1.807, 2.05) is 0 Å². The molecule has 22 heavy (non-hydrogen) atoms. The van der Waals surface area contributed by atoms with Crippen LogP contribution < -0.4 is 10.7 Å². The largest absolute Gasteiger partial charge is 0.354 e. The number of pyridine rings is 1. The summed E-state index contributed by atoms with van der Waals surface area (Å²) in [5.41, 5.74) is 0.618. The maximum atomic E-state index is 12.1. The highest BCUT2D eigenvalue weighted by molar-refractivity contribution is 5.92. The van der Waals surface area contributed by atoms with E-state index in [1.54, 1.807) is 13.8 Å². The quantitative estimate of drug-likeness (QED) is 0.876. The van der Waals surface area contributed by atoms with E-state index in [1.165, 1.54) is 12.1 Å². The first-order valence-corrected chi connectivity index (χ1v) is 7.19. The third kappa shape index (κ3) is 4.03. The smallest absolute Gasteiger partial charge is 0.268 e. The van der Waals surface area contributed by atoms with E-state index in [2.05, 4.69) is 34.3 Å². The molecule has 0 bridgehead atoms. The van der Waals surface area contributed by atoms with Gasteiger partial charge in [-0.05, 0) is 19.8 Å². The van der Waals surface area contributed by atoms with Gasteiger partial charge in [-0.25, -0.2) is 0 Å². The number of nitrogens with zero attached hydrogens (tertiary/aromatic N) is 2. The van der Waals surface area contributed by atoms with E-state index >= 15 is 0 Å². The average molecular weight is 304 g/mol. The highest BCUT2D eigenvalue weighted by atomic mass is 16.5. The summed E-state index contributed by atoms with van der Waals surface area (Å²) < 4.78 is 5.16. The minimum absolute atomic E-state index is 0.207. The van der Waals surface area contributed by atoms with Crippen LogP contribution in [0.15, 0.2) is 21.5 Å². The Morgan fingerprint density at radius 2 is 2.09 bits per heavy atom. The van der Waals surface area contributed by atoms with E-state index in [0.29, 0.717) is 23.3 Å². The number of aromatic amines is 1. The zero-order chi connectivity index (χ0) is 16.3. The molecule has 0 fully saturated rings. The Balaban J connectivity index is 2.07. The Kier molecular flexibility index (Phi) is 4.75. The van der Waals surface area contributed by atoms with Gasteiger partial charge in [-0.2, -0.15) is 4.98 Å². The molecule has 1 unspecified atom stereocenters. The summed E-state index contributed by atoms with van der Waals surface area (Å²) in [4.78, 5) is 30.7. The minimum atomic E-state index is -0.440. The van der Waals surface area contributed by atoms with Gasteiger partial charge >= 0.3 is 0 Å². The number of nitrogens with one attached hydrogen (secondary N) is 2. The predicted molar refractivity (Wildman–Crippen MR) is 80.5 cm³/mol. The molecule has 7 nitrogen and oxygen atoms in total. The van der Waals surface area contributed by atoms with Gasteiger partial charge in [0.15, 0.2) is 11.3 Å². The number of amides is 1. The Labute approximate surface area is 128 Å². The first-order valence-electron chi connectivity index (χ1n) is 7.19. The minimum Gasteiger partial charge on any atom is -0.354 e. The van der Waals surface area contributed by atoms with Crippen LogP contribution in [0.5, 0.6) is 0 Å². The molecular weight excluding hydrogens is 284 g/mol. The van der Waals surface area contributed by atoms with Crippen molar-refractivity contribution in [3.63, 3.8) is 0 Å². The molecule has 0 spiro atoms. The van der Waals surface area contributed by atoms with Crippen LogP contribution in [0, 0.1) is 12.8 Å². The topological polar surface area (TPSA) is 101 Å². The van der Waals surface area contributed by atoms with Crippen molar-refractivity contribution in [1.29, 1.82) is 0 Å². The van der Waals surface area contributed by atoms with Gasteiger partial charge in [-0.1, -0.05) is 19.0 Å². The van der Waals surface area contributed by atoms with Gasteiger partial charge < -0.3 is 14.8 Å². The van der Waals surface area contributed by atoms with Gasteiger partial charge in [0.05, 0.1) is 0 Å². The molecule has 2 rings (SSSR count). The molecule has 0 aromatic carbocycles. The van der Waals surface area contributed by atoms with Gasteiger partial charge in [-0.15, -0.1) is 0 Å². The van der Waals surface area contributed by atoms with E-state index in [0.717, 1.165) is 6.42 Å². The molecule has 1 amide bonds. The van der Waals surface area contributed by atoms with Gasteiger partial charge in [0.1, 0.15) is 11.7 Å². The van der Waals surface area contributed by atoms with Crippen LogP contribution in [-0.2, 0) is 6.42 Å². The monoisotopic (exact) mass is 304 g/mol. The van der Waals surface area contributed by atoms with Crippen molar-refractivity contribution in [2.45, 2.75) is 40.2 Å². The number of hydrogen-bond donors (Lipinski definition) is 2. The Morgan fingerprint density at radius 1 is 1.36 bits per heavy atom. The van der Waals surface area contributed by atoms with E-state index in [4.69, 9.17) is 4.52 Å². The summed E-state index contributed by atoms with van der Waals surface area (Å²) in [6, 6.07) is 2.24. The second kappa shape index (κ2) is 6.55. The van der Waals surface area contributed by atoms with Crippen LogP contribution >= 0.6 is 0 Å². The fraction of sp³-hybridized carbons (Fsp3) is 0.467. The molecule has 0 saturated heterocycles. The highest BCUT2D eigenvalue weighted by Gasteiger charge is 2.18. The Morgan fingerprint density at radius 3 is 2.73 bits per heavy atom. The van der Waals surface area contributed by atoms with Gasteiger partial charge in [0.25, 0.3) is 5.91 Å². The second-order valence-electron chi connectivity index (χ2n) is 5.75. The fourth-order valence-corrected chi connectivity index (χ4v) is 2.03. The number of rotatable bonds is 5. The first-order chi connectivity index (χ1) is 10.3. The SMILES string of the molecule is Cc1cc(=O)cc(C(=O)NC(C)c2nc(CC(C)C)no2)[nH]1. The summed E-state index contributed by atoms with van der Waals surface area (Å²) >= 11 is 0. The van der Waals surface area contributed by atoms with Crippen molar-refractivity contribution in [3.05, 3.63) is 45.5 Å². The van der Waals surface area contributed by atoms with Crippen molar-refractivity contribution < 1.29 is 9.32 Å². The van der Waals surface area contributed by atoms with E-state index in [-0.39, 0.29) is 11.1 Å². The molecule has 0 aliphatic heterocycles. The maximum absolute atomic E-state index is 12.1. The van der Waals surface area contributed by atoms with Gasteiger partial charge in [0, 0.05) is 24.2 Å². The van der Waals surface area contributed by atoms with Crippen LogP contribution in [0.1, 0.15) is 54.7 Å². The molecule has 2 aromatic heterocycles. The molecule has 2 heterocycles. The standard InChI is InChI=1S/C15H20N4O3/c1-8(2)5-13-18-15(22-19-13)10(4)17-14(21)12-7-11(20)6-9(3)16-12/h6-8,10H,5H2,1-4H3,(H,16,20)(H,17,21). The summed E-state index contributed by atoms with van der Waals surface area (Å²) in [6.07, 6.45) is 0.718. The molecule has 2 N–H and O–H groups in total. The molecule has 118 valence electrons. The lowest BCUT2D eigenvalue weighted by Gasteiger charge is -2.10. The lowest BCUT2D eigenvalue weighted by molar-refractivity contribution is 0.0927. The molecule has 7 heteroatoms. The van der Waals surface area contributed by atoms with E-state index in [9.17, 15) is 9.59 Å². The summed E-state index contributed by atoms with van der Waals surface area (Å²) in [5, 5.41) is 6.62. The lowest BCUT2D eigenvalue weighted by atomic mass is 10.1. The van der Waals surface area contributed by atoms with Crippen molar-refractivity contribution in [2.75, 3.05) is 0 Å². The Hall–Kier alpha value is -2.44. The Bertz CT molecular complexity index is 718. The number of aromatic nitrogens is 3. The number of hydrogen-bond acceptors (Lipinski definition) is 5. The molecule has 0 radical (unpaired) electrons. The van der Waals surface area contributed by atoms with Gasteiger partial charge in [0.2, 0.25) is 5.89 Å². The lowest BCUT2D eigenvalue weighted by Crippen LogP contribution is -2.28. The predicted octanol–water partition coefficient (Wildman–Crippen LogP) is 1.76. The number of carbonyl (C=O) groups is 1. The van der Waals surface area contributed by atoms with Crippen LogP contribution in [0.25, 0.3) is 0 Å². The number of aryl methyl sites for hydroxylation is 1. The average Bonchev–Trinajstić information content (AvgIpc) is 2.85. The summed E-state index contributed by atoms with van der Waals surface area (Å²) in [6.45, 7) is 7.60. The van der Waals surface area contributed by atoms with E-state index < -0.39 is 11.9 Å². The van der Waals surface area contributed by atoms with Crippen molar-refractivity contribution >= 4 is 5.91 Å². The molecule has 0 aliphatic rings. The first kappa shape index (κ1) is 15.9. The molecule has 0 aliphatic carbocycles. The summed E-state index contributed by atoms with van der Waals surface area (Å²) in [5.74, 6) is 0.999. The zero-order valence-electron chi connectivity index (χ0n) is 13.1. The molecule has 0 saturated carbocycles. The van der Waals surface area contributed by atoms with Crippen molar-refractivity contribution in [1.82, 2.24) is 20.4 Å². The van der Waals surface area contributed by atoms with Crippen LogP contribution in [0.4, 0.5) is 0 Å². The van der Waals surface area contributed by atoms with Gasteiger partial charge in [-0.3, -0.25) is 9.59 Å². The fourth-order valence-electron chi connectivity index (χ4n) is 2.03. The zero-order valence-corrected chi connectivity index (χ0v) is 13.1. The molecular formula is C15H20N4O3. The third-order valence-corrected chi connectivity index (χ3v) is 3.01. The normalized spacial score (nSPS) is 12.4. The van der Waals surface area contributed by atoms with Crippen molar-refractivity contribution in [3.8, 4) is 0 Å². The summed E-state index contributed by atoms with van der Waals surface area (Å²) in [7, 11) is 0. The molecule has 1 atom stereocenters. The third-order valence-electron chi connectivity index (χ3n) is 3.01. The van der Waals surface area contributed by atoms with Crippen LogP contribution in [0.3, 0.4) is 0 Å².